The summed E-state index contributed by atoms with van der Waals surface area (Å²) in [6.45, 7) is 1.99. The van der Waals surface area contributed by atoms with Gasteiger partial charge in [0.25, 0.3) is 5.91 Å². The van der Waals surface area contributed by atoms with Gasteiger partial charge in [-0.1, -0.05) is 48.9 Å². The molecular weight excluding hydrogens is 444 g/mol. The Morgan fingerprint density at radius 1 is 0.853 bits per heavy atom. The van der Waals surface area contributed by atoms with Gasteiger partial charge >= 0.3 is 0 Å². The van der Waals surface area contributed by atoms with Crippen LogP contribution in [-0.4, -0.2) is 20.4 Å². The van der Waals surface area contributed by atoms with E-state index in [1.807, 2.05) is 49.4 Å². The van der Waals surface area contributed by atoms with Crippen molar-refractivity contribution in [3.8, 4) is 11.1 Å². The Bertz CT molecular complexity index is 1260. The number of rotatable bonds is 7. The number of amides is 1. The van der Waals surface area contributed by atoms with Crippen LogP contribution < -0.4 is 10.0 Å². The Labute approximate surface area is 201 Å². The van der Waals surface area contributed by atoms with E-state index in [-0.39, 0.29) is 16.8 Å². The summed E-state index contributed by atoms with van der Waals surface area (Å²) in [7, 11) is -3.60. The first-order valence-corrected chi connectivity index (χ1v) is 13.5. The third kappa shape index (κ3) is 4.79. The van der Waals surface area contributed by atoms with E-state index < -0.39 is 10.0 Å². The first kappa shape index (κ1) is 22.8. The number of fused-ring (bicyclic) bond motifs is 2. The quantitative estimate of drug-likeness (QED) is 0.461. The molecule has 2 aliphatic rings. The van der Waals surface area contributed by atoms with E-state index >= 15 is 0 Å². The highest BCUT2D eigenvalue weighted by atomic mass is 32.2. The van der Waals surface area contributed by atoms with Gasteiger partial charge in [0.2, 0.25) is 10.0 Å². The predicted molar refractivity (Wildman–Crippen MR) is 135 cm³/mol. The lowest BCUT2D eigenvalue weighted by atomic mass is 9.84. The molecule has 0 heterocycles. The third-order valence-corrected chi connectivity index (χ3v) is 9.03. The Kier molecular flexibility index (Phi) is 6.28. The molecule has 0 aromatic heterocycles. The summed E-state index contributed by atoms with van der Waals surface area (Å²) in [4.78, 5) is 12.9. The molecule has 6 heteroatoms. The van der Waals surface area contributed by atoms with Crippen molar-refractivity contribution in [2.45, 2.75) is 43.5 Å². The lowest BCUT2D eigenvalue weighted by molar-refractivity contribution is 0.102. The fourth-order valence-electron chi connectivity index (χ4n) is 5.67. The average molecular weight is 475 g/mol. The maximum absolute atomic E-state index is 12.9. The Morgan fingerprint density at radius 3 is 2.15 bits per heavy atom. The van der Waals surface area contributed by atoms with Gasteiger partial charge in [-0.2, -0.15) is 0 Å². The molecule has 176 valence electrons. The number of anilines is 1. The van der Waals surface area contributed by atoms with E-state index in [0.29, 0.717) is 23.1 Å². The highest BCUT2D eigenvalue weighted by Gasteiger charge is 2.42. The first-order valence-electron chi connectivity index (χ1n) is 12.0. The van der Waals surface area contributed by atoms with Crippen molar-refractivity contribution in [1.29, 1.82) is 0 Å². The maximum atomic E-state index is 12.9. The number of benzene rings is 3. The van der Waals surface area contributed by atoms with Crippen molar-refractivity contribution in [1.82, 2.24) is 4.72 Å². The highest BCUT2D eigenvalue weighted by molar-refractivity contribution is 7.89. The smallest absolute Gasteiger partial charge is 0.255 e. The maximum Gasteiger partial charge on any atom is 0.255 e. The van der Waals surface area contributed by atoms with Crippen LogP contribution >= 0.6 is 0 Å². The molecule has 2 aliphatic carbocycles. The molecule has 0 spiro atoms. The van der Waals surface area contributed by atoms with E-state index in [2.05, 4.69) is 10.0 Å². The van der Waals surface area contributed by atoms with E-state index in [1.165, 1.54) is 19.3 Å². The lowest BCUT2D eigenvalue weighted by Gasteiger charge is -2.28. The standard InChI is InChI=1S/C28H30N2O3S/c1-19(27-18-20-7-8-24(27)17-20)30-34(32,33)26-15-13-25(14-16-26)29-28(31)23-11-9-22(10-12-23)21-5-3-2-4-6-21/h2-6,9-16,19-20,24,27,30H,7-8,17-18H2,1H3,(H,29,31)/t19-,20+,24+,27+/m1/s1. The third-order valence-electron chi connectivity index (χ3n) is 7.45. The summed E-state index contributed by atoms with van der Waals surface area (Å²) >= 11 is 0. The van der Waals surface area contributed by atoms with Gasteiger partial charge in [-0.15, -0.1) is 0 Å². The molecule has 2 bridgehead atoms. The van der Waals surface area contributed by atoms with E-state index in [9.17, 15) is 13.2 Å². The summed E-state index contributed by atoms with van der Waals surface area (Å²) < 4.78 is 28.7. The monoisotopic (exact) mass is 474 g/mol. The molecule has 0 unspecified atom stereocenters. The topological polar surface area (TPSA) is 75.3 Å². The van der Waals surface area contributed by atoms with Crippen molar-refractivity contribution in [3.63, 3.8) is 0 Å². The summed E-state index contributed by atoms with van der Waals surface area (Å²) in [5.41, 5.74) is 3.23. The second kappa shape index (κ2) is 9.35. The van der Waals surface area contributed by atoms with E-state index in [1.54, 1.807) is 36.4 Å². The molecule has 2 fully saturated rings. The average Bonchev–Trinajstić information content (AvgIpc) is 3.49. The van der Waals surface area contributed by atoms with Gasteiger partial charge in [0.15, 0.2) is 0 Å². The van der Waals surface area contributed by atoms with Gasteiger partial charge in [-0.05, 0) is 91.5 Å². The molecular formula is C28H30N2O3S. The zero-order valence-corrected chi connectivity index (χ0v) is 20.1. The zero-order valence-electron chi connectivity index (χ0n) is 19.3. The highest BCUT2D eigenvalue weighted by Crippen LogP contribution is 2.49. The largest absolute Gasteiger partial charge is 0.322 e. The number of sulfonamides is 1. The fraction of sp³-hybridized carbons (Fsp3) is 0.321. The molecule has 3 aromatic rings. The molecule has 2 saturated carbocycles. The summed E-state index contributed by atoms with van der Waals surface area (Å²) in [5, 5.41) is 2.85. The van der Waals surface area contributed by atoms with Crippen LogP contribution in [0.3, 0.4) is 0 Å². The first-order chi connectivity index (χ1) is 16.4. The second-order valence-corrected chi connectivity index (χ2v) is 11.4. The fourth-order valence-corrected chi connectivity index (χ4v) is 6.97. The Morgan fingerprint density at radius 2 is 1.53 bits per heavy atom. The normalized spacial score (nSPS) is 22.4. The summed E-state index contributed by atoms with van der Waals surface area (Å²) in [6, 6.07) is 23.7. The Balaban J connectivity index is 1.21. The van der Waals surface area contributed by atoms with Crippen LogP contribution in [0.1, 0.15) is 43.0 Å². The molecule has 1 amide bonds. The van der Waals surface area contributed by atoms with Crippen LogP contribution in [0.5, 0.6) is 0 Å². The second-order valence-electron chi connectivity index (χ2n) is 9.67. The van der Waals surface area contributed by atoms with Crippen molar-refractivity contribution in [2.24, 2.45) is 17.8 Å². The predicted octanol–water partition coefficient (Wildman–Crippen LogP) is 5.71. The Hall–Kier alpha value is -2.96. The van der Waals surface area contributed by atoms with Gasteiger partial charge in [0.05, 0.1) is 4.90 Å². The minimum absolute atomic E-state index is 0.0708. The van der Waals surface area contributed by atoms with Crippen LogP contribution in [0.15, 0.2) is 83.8 Å². The van der Waals surface area contributed by atoms with E-state index in [0.717, 1.165) is 23.5 Å². The van der Waals surface area contributed by atoms with Gasteiger partial charge < -0.3 is 5.32 Å². The van der Waals surface area contributed by atoms with Crippen molar-refractivity contribution in [3.05, 3.63) is 84.4 Å². The molecule has 5 nitrogen and oxygen atoms in total. The minimum Gasteiger partial charge on any atom is -0.322 e. The molecule has 34 heavy (non-hydrogen) atoms. The molecule has 4 atom stereocenters. The number of carbonyl (C=O) groups is 1. The number of carbonyl (C=O) groups excluding carboxylic acids is 1. The minimum atomic E-state index is -3.60. The van der Waals surface area contributed by atoms with Gasteiger partial charge in [-0.25, -0.2) is 13.1 Å². The number of hydrogen-bond donors (Lipinski definition) is 2. The molecule has 3 aromatic carbocycles. The van der Waals surface area contributed by atoms with E-state index in [4.69, 9.17) is 0 Å². The SMILES string of the molecule is C[C@@H](NS(=O)(=O)c1ccc(NC(=O)c2ccc(-c3ccccc3)cc2)cc1)[C@@H]1C[C@H]2CC[C@H]1C2. The van der Waals surface area contributed by atoms with Crippen LogP contribution in [0.2, 0.25) is 0 Å². The van der Waals surface area contributed by atoms with Crippen molar-refractivity contribution >= 4 is 21.6 Å². The lowest BCUT2D eigenvalue weighted by Crippen LogP contribution is -2.40. The van der Waals surface area contributed by atoms with Crippen molar-refractivity contribution in [2.75, 3.05) is 5.32 Å². The molecule has 0 saturated heterocycles. The summed E-state index contributed by atoms with van der Waals surface area (Å²) in [5.74, 6) is 1.63. The van der Waals surface area contributed by atoms with Gasteiger partial charge in [0.1, 0.15) is 0 Å². The molecule has 0 aliphatic heterocycles. The van der Waals surface area contributed by atoms with Crippen molar-refractivity contribution < 1.29 is 13.2 Å². The van der Waals surface area contributed by atoms with Crippen LogP contribution in [-0.2, 0) is 10.0 Å². The number of hydrogen-bond acceptors (Lipinski definition) is 3. The zero-order chi connectivity index (χ0) is 23.7. The molecule has 2 N–H and O–H groups in total. The molecule has 0 radical (unpaired) electrons. The van der Waals surface area contributed by atoms with Crippen LogP contribution in [0.25, 0.3) is 11.1 Å². The van der Waals surface area contributed by atoms with Crippen LogP contribution in [0.4, 0.5) is 5.69 Å². The van der Waals surface area contributed by atoms with Gasteiger partial charge in [-0.3, -0.25) is 4.79 Å². The molecule has 5 rings (SSSR count). The summed E-state index contributed by atoms with van der Waals surface area (Å²) in [6.07, 6.45) is 4.90. The van der Waals surface area contributed by atoms with Gasteiger partial charge in [0, 0.05) is 17.3 Å². The number of nitrogens with one attached hydrogen (secondary N) is 2. The van der Waals surface area contributed by atoms with Crippen LogP contribution in [0, 0.1) is 17.8 Å².